The minimum Gasteiger partial charge on any atom is -0.464 e. The normalized spacial score (nSPS) is 31.7. The topological polar surface area (TPSA) is 41.6 Å². The average molecular weight is 226 g/mol. The molecule has 2 rings (SSSR count). The molecule has 4 nitrogen and oxygen atoms in total. The van der Waals surface area contributed by atoms with Gasteiger partial charge in [-0.15, -0.1) is 0 Å². The van der Waals surface area contributed by atoms with E-state index < -0.39 is 0 Å². The lowest BCUT2D eigenvalue weighted by molar-refractivity contribution is -0.143. The lowest BCUT2D eigenvalue weighted by Gasteiger charge is -2.38. The van der Waals surface area contributed by atoms with Crippen LogP contribution < -0.4 is 5.32 Å². The standard InChI is InChI=1S/C12H22N2O2/c1-13-7-5-10-4-2-3-8-14(10)11-6-9-16-12(11)15/h10-11,13H,2-9H2,1H3. The van der Waals surface area contributed by atoms with Gasteiger partial charge in [-0.2, -0.15) is 0 Å². The van der Waals surface area contributed by atoms with Gasteiger partial charge in [-0.25, -0.2) is 0 Å². The highest BCUT2D eigenvalue weighted by molar-refractivity contribution is 5.77. The summed E-state index contributed by atoms with van der Waals surface area (Å²) in [5.41, 5.74) is 0. The van der Waals surface area contributed by atoms with Crippen LogP contribution in [0.15, 0.2) is 0 Å². The van der Waals surface area contributed by atoms with Crippen molar-refractivity contribution in [1.82, 2.24) is 10.2 Å². The van der Waals surface area contributed by atoms with Gasteiger partial charge < -0.3 is 10.1 Å². The number of carbonyl (C=O) groups is 1. The zero-order chi connectivity index (χ0) is 11.4. The van der Waals surface area contributed by atoms with E-state index in [-0.39, 0.29) is 12.0 Å². The molecule has 0 spiro atoms. The lowest BCUT2D eigenvalue weighted by Crippen LogP contribution is -2.49. The van der Waals surface area contributed by atoms with E-state index in [4.69, 9.17) is 4.74 Å². The first kappa shape index (κ1) is 11.9. The number of carbonyl (C=O) groups excluding carboxylic acids is 1. The van der Waals surface area contributed by atoms with Crippen LogP contribution >= 0.6 is 0 Å². The highest BCUT2D eigenvalue weighted by Crippen LogP contribution is 2.25. The van der Waals surface area contributed by atoms with Gasteiger partial charge in [0.25, 0.3) is 0 Å². The molecule has 0 radical (unpaired) electrons. The predicted molar refractivity (Wildman–Crippen MR) is 62.3 cm³/mol. The minimum absolute atomic E-state index is 0.00337. The second kappa shape index (κ2) is 5.64. The van der Waals surface area contributed by atoms with Gasteiger partial charge in [-0.1, -0.05) is 6.42 Å². The molecule has 1 N–H and O–H groups in total. The third-order valence-electron chi connectivity index (χ3n) is 3.71. The molecule has 0 saturated carbocycles. The molecule has 0 amide bonds. The Hall–Kier alpha value is -0.610. The highest BCUT2D eigenvalue weighted by atomic mass is 16.5. The van der Waals surface area contributed by atoms with Gasteiger partial charge in [0, 0.05) is 12.5 Å². The van der Waals surface area contributed by atoms with Gasteiger partial charge in [-0.3, -0.25) is 9.69 Å². The number of nitrogens with zero attached hydrogens (tertiary/aromatic N) is 1. The number of ether oxygens (including phenoxy) is 1. The number of likely N-dealkylation sites (tertiary alicyclic amines) is 1. The Morgan fingerprint density at radius 3 is 3.00 bits per heavy atom. The number of esters is 1. The molecule has 2 aliphatic heterocycles. The summed E-state index contributed by atoms with van der Waals surface area (Å²) in [6, 6.07) is 0.610. The zero-order valence-corrected chi connectivity index (χ0v) is 10.1. The van der Waals surface area contributed by atoms with Crippen molar-refractivity contribution in [2.45, 2.75) is 44.2 Å². The number of hydrogen-bond donors (Lipinski definition) is 1. The van der Waals surface area contributed by atoms with Crippen LogP contribution in [0, 0.1) is 0 Å². The minimum atomic E-state index is -0.00337. The summed E-state index contributed by atoms with van der Waals surface area (Å²) in [5, 5.41) is 3.19. The lowest BCUT2D eigenvalue weighted by atomic mass is 9.96. The van der Waals surface area contributed by atoms with E-state index in [0.29, 0.717) is 12.6 Å². The van der Waals surface area contributed by atoms with Crippen LogP contribution in [0.4, 0.5) is 0 Å². The second-order valence-corrected chi connectivity index (χ2v) is 4.75. The van der Waals surface area contributed by atoms with E-state index in [1.807, 2.05) is 7.05 Å². The molecule has 2 unspecified atom stereocenters. The summed E-state index contributed by atoms with van der Waals surface area (Å²) in [6.45, 7) is 2.70. The molecule has 0 aliphatic carbocycles. The van der Waals surface area contributed by atoms with Gasteiger partial charge in [0.2, 0.25) is 0 Å². The summed E-state index contributed by atoms with van der Waals surface area (Å²) in [4.78, 5) is 14.0. The summed E-state index contributed by atoms with van der Waals surface area (Å²) < 4.78 is 5.08. The number of cyclic esters (lactones) is 1. The molecule has 0 aromatic carbocycles. The van der Waals surface area contributed by atoms with Crippen molar-refractivity contribution in [3.05, 3.63) is 0 Å². The average Bonchev–Trinajstić information content (AvgIpc) is 2.73. The maximum atomic E-state index is 11.6. The Morgan fingerprint density at radius 1 is 1.44 bits per heavy atom. The van der Waals surface area contributed by atoms with Crippen LogP contribution in [0.5, 0.6) is 0 Å². The molecule has 2 aliphatic rings. The van der Waals surface area contributed by atoms with Crippen LogP contribution in [0.2, 0.25) is 0 Å². The molecule has 2 saturated heterocycles. The maximum absolute atomic E-state index is 11.6. The fourth-order valence-corrected chi connectivity index (χ4v) is 2.84. The fourth-order valence-electron chi connectivity index (χ4n) is 2.84. The third-order valence-corrected chi connectivity index (χ3v) is 3.71. The van der Waals surface area contributed by atoms with Gasteiger partial charge in [0.05, 0.1) is 6.61 Å². The third kappa shape index (κ3) is 2.55. The van der Waals surface area contributed by atoms with Crippen LogP contribution in [0.25, 0.3) is 0 Å². The van der Waals surface area contributed by atoms with Crippen LogP contribution in [0.1, 0.15) is 32.1 Å². The molecule has 4 heteroatoms. The predicted octanol–water partition coefficient (Wildman–Crippen LogP) is 0.766. The first-order chi connectivity index (χ1) is 7.83. The Labute approximate surface area is 97.3 Å². The Kier molecular flexibility index (Phi) is 4.18. The summed E-state index contributed by atoms with van der Waals surface area (Å²) >= 11 is 0. The molecular weight excluding hydrogens is 204 g/mol. The second-order valence-electron chi connectivity index (χ2n) is 4.75. The van der Waals surface area contributed by atoms with Crippen LogP contribution in [-0.2, 0) is 9.53 Å². The summed E-state index contributed by atoms with van der Waals surface area (Å²) in [6.07, 6.45) is 5.77. The van der Waals surface area contributed by atoms with Gasteiger partial charge >= 0.3 is 5.97 Å². The fraction of sp³-hybridized carbons (Fsp3) is 0.917. The van der Waals surface area contributed by atoms with Crippen molar-refractivity contribution >= 4 is 5.97 Å². The van der Waals surface area contributed by atoms with Crippen molar-refractivity contribution in [3.8, 4) is 0 Å². The van der Waals surface area contributed by atoms with E-state index >= 15 is 0 Å². The Morgan fingerprint density at radius 2 is 2.31 bits per heavy atom. The molecule has 0 aromatic heterocycles. The van der Waals surface area contributed by atoms with Crippen molar-refractivity contribution in [3.63, 3.8) is 0 Å². The number of rotatable bonds is 4. The molecule has 92 valence electrons. The van der Waals surface area contributed by atoms with Crippen molar-refractivity contribution < 1.29 is 9.53 Å². The molecule has 2 heterocycles. The van der Waals surface area contributed by atoms with E-state index in [2.05, 4.69) is 10.2 Å². The molecule has 0 bridgehead atoms. The molecule has 2 fully saturated rings. The van der Waals surface area contributed by atoms with Crippen molar-refractivity contribution in [2.24, 2.45) is 0 Å². The Bertz CT molecular complexity index is 245. The molecule has 0 aromatic rings. The van der Waals surface area contributed by atoms with Gasteiger partial charge in [0.15, 0.2) is 0 Å². The SMILES string of the molecule is CNCCC1CCCCN1C1CCOC1=O. The summed E-state index contributed by atoms with van der Waals surface area (Å²) in [7, 11) is 1.98. The Balaban J connectivity index is 1.95. The largest absolute Gasteiger partial charge is 0.464 e. The van der Waals surface area contributed by atoms with E-state index in [1.165, 1.54) is 19.3 Å². The van der Waals surface area contributed by atoms with Gasteiger partial charge in [0.1, 0.15) is 6.04 Å². The van der Waals surface area contributed by atoms with Crippen molar-refractivity contribution in [2.75, 3.05) is 26.7 Å². The number of nitrogens with one attached hydrogen (secondary N) is 1. The van der Waals surface area contributed by atoms with E-state index in [9.17, 15) is 4.79 Å². The monoisotopic (exact) mass is 226 g/mol. The first-order valence-corrected chi connectivity index (χ1v) is 6.40. The quantitative estimate of drug-likeness (QED) is 0.719. The summed E-state index contributed by atoms with van der Waals surface area (Å²) in [5.74, 6) is -0.00337. The molecular formula is C12H22N2O2. The highest BCUT2D eigenvalue weighted by Gasteiger charge is 2.36. The smallest absolute Gasteiger partial charge is 0.323 e. The van der Waals surface area contributed by atoms with Gasteiger partial charge in [-0.05, 0) is 39.4 Å². The van der Waals surface area contributed by atoms with E-state index in [0.717, 1.165) is 25.9 Å². The van der Waals surface area contributed by atoms with Crippen LogP contribution in [-0.4, -0.2) is 49.7 Å². The molecule has 16 heavy (non-hydrogen) atoms. The van der Waals surface area contributed by atoms with E-state index in [1.54, 1.807) is 0 Å². The number of hydrogen-bond acceptors (Lipinski definition) is 4. The zero-order valence-electron chi connectivity index (χ0n) is 10.1. The first-order valence-electron chi connectivity index (χ1n) is 6.40. The molecule has 2 atom stereocenters. The van der Waals surface area contributed by atoms with Crippen LogP contribution in [0.3, 0.4) is 0 Å². The maximum Gasteiger partial charge on any atom is 0.323 e. The van der Waals surface area contributed by atoms with Crippen molar-refractivity contribution in [1.29, 1.82) is 0 Å². The number of piperidine rings is 1.